The van der Waals surface area contributed by atoms with Gasteiger partial charge in [-0.2, -0.15) is 0 Å². The van der Waals surface area contributed by atoms with Crippen molar-refractivity contribution in [3.05, 3.63) is 57.8 Å². The third-order valence-electron chi connectivity index (χ3n) is 2.73. The molecule has 0 bridgehead atoms. The summed E-state index contributed by atoms with van der Waals surface area (Å²) in [6.45, 7) is 2.52. The molecule has 0 spiro atoms. The Morgan fingerprint density at radius 2 is 2.00 bits per heavy atom. The van der Waals surface area contributed by atoms with E-state index < -0.39 is 0 Å². The molecule has 0 aromatic heterocycles. The first-order valence-corrected chi connectivity index (χ1v) is 6.76. The Hall–Kier alpha value is -1.39. The van der Waals surface area contributed by atoms with Crippen molar-refractivity contribution >= 4 is 15.9 Å². The Morgan fingerprint density at radius 1 is 1.21 bits per heavy atom. The third kappa shape index (κ3) is 3.55. The molecule has 0 aliphatic heterocycles. The fraction of sp³-hybridized carbons (Fsp3) is 0.200. The zero-order valence-corrected chi connectivity index (χ0v) is 12.4. The van der Waals surface area contributed by atoms with Gasteiger partial charge in [-0.05, 0) is 71.4 Å². The van der Waals surface area contributed by atoms with Gasteiger partial charge >= 0.3 is 0 Å². The van der Waals surface area contributed by atoms with E-state index in [2.05, 4.69) is 21.2 Å². The number of hydrogen-bond acceptors (Lipinski definition) is 2. The van der Waals surface area contributed by atoms with E-state index in [1.807, 2.05) is 25.2 Å². The molecule has 0 saturated heterocycles. The molecule has 0 aliphatic rings. The largest absolute Gasteiger partial charge is 0.456 e. The molecular formula is C15H15BrFNO. The fourth-order valence-corrected chi connectivity index (χ4v) is 2.26. The lowest BCUT2D eigenvalue weighted by molar-refractivity contribution is 0.476. The maximum Gasteiger partial charge on any atom is 0.141 e. The van der Waals surface area contributed by atoms with Gasteiger partial charge in [0.05, 0.1) is 4.47 Å². The normalized spacial score (nSPS) is 10.5. The van der Waals surface area contributed by atoms with Gasteiger partial charge in [0.1, 0.15) is 17.3 Å². The molecule has 4 heteroatoms. The van der Waals surface area contributed by atoms with Gasteiger partial charge in [-0.3, -0.25) is 0 Å². The van der Waals surface area contributed by atoms with Crippen LogP contribution in [0.4, 0.5) is 4.39 Å². The summed E-state index contributed by atoms with van der Waals surface area (Å²) in [5.74, 6) is 1.11. The summed E-state index contributed by atoms with van der Waals surface area (Å²) in [6, 6.07) is 10.6. The Labute approximate surface area is 120 Å². The van der Waals surface area contributed by atoms with Crippen LogP contribution in [0.5, 0.6) is 11.5 Å². The number of halogens is 2. The molecule has 2 rings (SSSR count). The molecule has 19 heavy (non-hydrogen) atoms. The second kappa shape index (κ2) is 6.17. The topological polar surface area (TPSA) is 21.3 Å². The summed E-state index contributed by atoms with van der Waals surface area (Å²) < 4.78 is 19.8. The van der Waals surface area contributed by atoms with Gasteiger partial charge in [0.2, 0.25) is 0 Å². The van der Waals surface area contributed by atoms with Gasteiger partial charge < -0.3 is 10.1 Å². The van der Waals surface area contributed by atoms with Crippen LogP contribution >= 0.6 is 15.9 Å². The highest BCUT2D eigenvalue weighted by Gasteiger charge is 2.05. The summed E-state index contributed by atoms with van der Waals surface area (Å²) in [6.07, 6.45) is 0. The second-order valence-electron chi connectivity index (χ2n) is 4.31. The highest BCUT2D eigenvalue weighted by molar-refractivity contribution is 9.10. The molecule has 2 aromatic rings. The van der Waals surface area contributed by atoms with Crippen molar-refractivity contribution in [2.45, 2.75) is 13.5 Å². The molecule has 0 unspecified atom stereocenters. The first-order valence-electron chi connectivity index (χ1n) is 5.97. The smallest absolute Gasteiger partial charge is 0.141 e. The van der Waals surface area contributed by atoms with Gasteiger partial charge in [-0.25, -0.2) is 4.39 Å². The third-order valence-corrected chi connectivity index (χ3v) is 3.35. The predicted octanol–water partition coefficient (Wildman–Crippen LogP) is 4.41. The number of rotatable bonds is 4. The first kappa shape index (κ1) is 14.0. The summed E-state index contributed by atoms with van der Waals surface area (Å²) in [4.78, 5) is 0. The minimum Gasteiger partial charge on any atom is -0.456 e. The van der Waals surface area contributed by atoms with E-state index in [0.29, 0.717) is 17.1 Å². The predicted molar refractivity (Wildman–Crippen MR) is 78.1 cm³/mol. The standard InChI is InChI=1S/C15H15BrFNO/c1-10-7-12(4-5-14(10)17)19-15-6-3-11(9-18-2)8-13(15)16/h3-8,18H,9H2,1-2H3. The maximum absolute atomic E-state index is 13.2. The minimum absolute atomic E-state index is 0.226. The van der Waals surface area contributed by atoms with Crippen molar-refractivity contribution in [1.82, 2.24) is 5.32 Å². The van der Waals surface area contributed by atoms with Gasteiger partial charge in [0.25, 0.3) is 0 Å². The van der Waals surface area contributed by atoms with Crippen molar-refractivity contribution < 1.29 is 9.13 Å². The lowest BCUT2D eigenvalue weighted by Gasteiger charge is -2.10. The van der Waals surface area contributed by atoms with Crippen molar-refractivity contribution in [1.29, 1.82) is 0 Å². The molecule has 0 radical (unpaired) electrons. The van der Waals surface area contributed by atoms with Crippen LogP contribution in [-0.4, -0.2) is 7.05 Å². The molecule has 1 N–H and O–H groups in total. The first-order chi connectivity index (χ1) is 9.10. The van der Waals surface area contributed by atoms with Crippen molar-refractivity contribution in [3.63, 3.8) is 0 Å². The molecular weight excluding hydrogens is 309 g/mol. The number of benzene rings is 2. The van der Waals surface area contributed by atoms with E-state index in [1.54, 1.807) is 19.1 Å². The minimum atomic E-state index is -0.226. The lowest BCUT2D eigenvalue weighted by atomic mass is 10.2. The number of ether oxygens (including phenoxy) is 1. The van der Waals surface area contributed by atoms with Crippen LogP contribution in [0.25, 0.3) is 0 Å². The maximum atomic E-state index is 13.2. The molecule has 0 aliphatic carbocycles. The summed E-state index contributed by atoms with van der Waals surface area (Å²) in [5, 5.41) is 3.09. The van der Waals surface area contributed by atoms with Gasteiger partial charge in [-0.15, -0.1) is 0 Å². The molecule has 100 valence electrons. The molecule has 0 saturated carbocycles. The summed E-state index contributed by atoms with van der Waals surface area (Å²) in [7, 11) is 1.90. The molecule has 2 nitrogen and oxygen atoms in total. The van der Waals surface area contributed by atoms with Crippen LogP contribution < -0.4 is 10.1 Å². The van der Waals surface area contributed by atoms with Crippen LogP contribution in [0.15, 0.2) is 40.9 Å². The Bertz CT molecular complexity index is 586. The van der Waals surface area contributed by atoms with Crippen molar-refractivity contribution in [2.24, 2.45) is 0 Å². The van der Waals surface area contributed by atoms with Crippen LogP contribution in [0.2, 0.25) is 0 Å². The zero-order valence-electron chi connectivity index (χ0n) is 10.8. The number of nitrogens with one attached hydrogen (secondary N) is 1. The SMILES string of the molecule is CNCc1ccc(Oc2ccc(F)c(C)c2)c(Br)c1. The number of aryl methyl sites for hydroxylation is 1. The average Bonchev–Trinajstić information content (AvgIpc) is 2.37. The average molecular weight is 324 g/mol. The molecule has 0 fully saturated rings. The van der Waals surface area contributed by atoms with Gasteiger partial charge in [0, 0.05) is 6.54 Å². The van der Waals surface area contributed by atoms with Crippen molar-refractivity contribution in [3.8, 4) is 11.5 Å². The molecule has 2 aromatic carbocycles. The van der Waals surface area contributed by atoms with Gasteiger partial charge in [0.15, 0.2) is 0 Å². The Kier molecular flexibility index (Phi) is 4.56. The molecule has 0 amide bonds. The zero-order chi connectivity index (χ0) is 13.8. The van der Waals surface area contributed by atoms with E-state index >= 15 is 0 Å². The monoisotopic (exact) mass is 323 g/mol. The van der Waals surface area contributed by atoms with Crippen LogP contribution in [0.1, 0.15) is 11.1 Å². The Balaban J connectivity index is 2.20. The van der Waals surface area contributed by atoms with Crippen LogP contribution in [0, 0.1) is 12.7 Å². The second-order valence-corrected chi connectivity index (χ2v) is 5.16. The van der Waals surface area contributed by atoms with Crippen molar-refractivity contribution in [2.75, 3.05) is 7.05 Å². The van der Waals surface area contributed by atoms with E-state index in [1.165, 1.54) is 6.07 Å². The van der Waals surface area contributed by atoms with Crippen LogP contribution in [0.3, 0.4) is 0 Å². The molecule has 0 heterocycles. The molecule has 0 atom stereocenters. The summed E-state index contributed by atoms with van der Waals surface area (Å²) >= 11 is 3.48. The fourth-order valence-electron chi connectivity index (χ4n) is 1.75. The lowest BCUT2D eigenvalue weighted by Crippen LogP contribution is -2.04. The summed E-state index contributed by atoms with van der Waals surface area (Å²) in [5.41, 5.74) is 1.73. The van der Waals surface area contributed by atoms with Crippen LogP contribution in [-0.2, 0) is 6.54 Å². The number of hydrogen-bond donors (Lipinski definition) is 1. The quantitative estimate of drug-likeness (QED) is 0.899. The van der Waals surface area contributed by atoms with E-state index in [4.69, 9.17) is 4.74 Å². The van der Waals surface area contributed by atoms with Gasteiger partial charge in [-0.1, -0.05) is 6.07 Å². The van der Waals surface area contributed by atoms with E-state index in [-0.39, 0.29) is 5.82 Å². The highest BCUT2D eigenvalue weighted by Crippen LogP contribution is 2.31. The van der Waals surface area contributed by atoms with E-state index in [9.17, 15) is 4.39 Å². The highest BCUT2D eigenvalue weighted by atomic mass is 79.9. The van der Waals surface area contributed by atoms with E-state index in [0.717, 1.165) is 16.6 Å². The Morgan fingerprint density at radius 3 is 2.63 bits per heavy atom.